The minimum atomic E-state index is -3.52. The first-order valence-corrected chi connectivity index (χ1v) is 13.8. The molecule has 1 aromatic carbocycles. The van der Waals surface area contributed by atoms with E-state index < -0.39 is 10.0 Å². The summed E-state index contributed by atoms with van der Waals surface area (Å²) in [5.74, 6) is 0.439. The summed E-state index contributed by atoms with van der Waals surface area (Å²) in [7, 11) is -3.52. The van der Waals surface area contributed by atoms with Gasteiger partial charge in [0.25, 0.3) is 0 Å². The van der Waals surface area contributed by atoms with Crippen LogP contribution in [0, 0.1) is 26.7 Å². The molecular weight excluding hydrogens is 450 g/mol. The van der Waals surface area contributed by atoms with E-state index in [0.29, 0.717) is 48.4 Å². The fraction of sp³-hybridized carbons (Fsp3) is 0.600. The van der Waals surface area contributed by atoms with Crippen molar-refractivity contribution in [2.24, 2.45) is 5.92 Å². The van der Waals surface area contributed by atoms with Crippen molar-refractivity contribution in [3.63, 3.8) is 0 Å². The summed E-state index contributed by atoms with van der Waals surface area (Å²) < 4.78 is 29.3. The van der Waals surface area contributed by atoms with E-state index in [0.717, 1.165) is 38.9 Å². The summed E-state index contributed by atoms with van der Waals surface area (Å²) in [5.41, 5.74) is 3.71. The Balaban J connectivity index is 1.24. The Kier molecular flexibility index (Phi) is 7.74. The van der Waals surface area contributed by atoms with Crippen LogP contribution in [0.3, 0.4) is 0 Å². The maximum Gasteiger partial charge on any atom is 0.246 e. The summed E-state index contributed by atoms with van der Waals surface area (Å²) in [6, 6.07) is 8.67. The zero-order chi connectivity index (χ0) is 24.3. The Bertz CT molecular complexity index is 1100. The molecular formula is C25H37N5O3S. The van der Waals surface area contributed by atoms with E-state index in [1.165, 1.54) is 11.1 Å². The SMILES string of the molecule is Cc1ccc(CN2CC[C@H](CNC(=O)CCn3nc(C)c(S(=O)(=O)N4CCCC4)c3C)C2)cc1. The number of nitrogens with zero attached hydrogens (tertiary/aromatic N) is 4. The smallest absolute Gasteiger partial charge is 0.246 e. The second-order valence-electron chi connectivity index (χ2n) is 9.76. The number of sulfonamides is 1. The van der Waals surface area contributed by atoms with Gasteiger partial charge in [-0.25, -0.2) is 8.42 Å². The molecule has 9 heteroatoms. The number of aromatic nitrogens is 2. The van der Waals surface area contributed by atoms with E-state index in [1.807, 2.05) is 0 Å². The standard InChI is InChI=1S/C25H37N5O3S/c1-19-6-8-22(9-7-19)17-28-14-10-23(18-28)16-26-24(31)11-15-30-21(3)25(20(2)27-30)34(32,33)29-12-4-5-13-29/h6-9,23H,4-5,10-18H2,1-3H3,(H,26,31)/t23-/m1/s1. The fourth-order valence-electron chi connectivity index (χ4n) is 5.06. The number of rotatable bonds is 9. The van der Waals surface area contributed by atoms with Crippen LogP contribution in [0.4, 0.5) is 0 Å². The van der Waals surface area contributed by atoms with Gasteiger partial charge in [-0.3, -0.25) is 14.4 Å². The largest absolute Gasteiger partial charge is 0.356 e. The summed E-state index contributed by atoms with van der Waals surface area (Å²) in [5, 5.41) is 7.51. The molecule has 3 heterocycles. The van der Waals surface area contributed by atoms with Crippen LogP contribution >= 0.6 is 0 Å². The van der Waals surface area contributed by atoms with Gasteiger partial charge < -0.3 is 5.32 Å². The van der Waals surface area contributed by atoms with Crippen LogP contribution in [0.25, 0.3) is 0 Å². The highest BCUT2D eigenvalue weighted by atomic mass is 32.2. The summed E-state index contributed by atoms with van der Waals surface area (Å²) in [6.07, 6.45) is 3.17. The van der Waals surface area contributed by atoms with Crippen molar-refractivity contribution in [2.75, 3.05) is 32.7 Å². The van der Waals surface area contributed by atoms with E-state index in [4.69, 9.17) is 0 Å². The average Bonchev–Trinajstić information content (AvgIpc) is 3.54. The van der Waals surface area contributed by atoms with Crippen molar-refractivity contribution >= 4 is 15.9 Å². The molecule has 2 saturated heterocycles. The van der Waals surface area contributed by atoms with Crippen LogP contribution in [-0.2, 0) is 27.9 Å². The number of likely N-dealkylation sites (tertiary alicyclic amines) is 1. The first-order valence-electron chi connectivity index (χ1n) is 12.3. The maximum absolute atomic E-state index is 13.0. The number of carbonyl (C=O) groups is 1. The second kappa shape index (κ2) is 10.6. The van der Waals surface area contributed by atoms with Gasteiger partial charge in [0.1, 0.15) is 4.90 Å². The topological polar surface area (TPSA) is 87.5 Å². The van der Waals surface area contributed by atoms with Gasteiger partial charge in [0.05, 0.1) is 17.9 Å². The van der Waals surface area contributed by atoms with Crippen molar-refractivity contribution < 1.29 is 13.2 Å². The van der Waals surface area contributed by atoms with Crippen LogP contribution in [0.2, 0.25) is 0 Å². The minimum Gasteiger partial charge on any atom is -0.356 e. The molecule has 0 saturated carbocycles. The van der Waals surface area contributed by atoms with Gasteiger partial charge in [-0.2, -0.15) is 9.40 Å². The summed E-state index contributed by atoms with van der Waals surface area (Å²) >= 11 is 0. The van der Waals surface area contributed by atoms with Gasteiger partial charge in [-0.05, 0) is 58.1 Å². The monoisotopic (exact) mass is 487 g/mol. The molecule has 2 fully saturated rings. The maximum atomic E-state index is 13.0. The Hall–Kier alpha value is -2.23. The van der Waals surface area contributed by atoms with Gasteiger partial charge in [-0.1, -0.05) is 29.8 Å². The average molecular weight is 488 g/mol. The molecule has 0 bridgehead atoms. The third-order valence-electron chi connectivity index (χ3n) is 7.01. The van der Waals surface area contributed by atoms with Crippen LogP contribution in [-0.4, -0.2) is 66.0 Å². The predicted molar refractivity (Wildman–Crippen MR) is 132 cm³/mol. The molecule has 1 amide bonds. The summed E-state index contributed by atoms with van der Waals surface area (Å²) in [6.45, 7) is 10.8. The number of hydrogen-bond donors (Lipinski definition) is 1. The van der Waals surface area contributed by atoms with Crippen LogP contribution in [0.15, 0.2) is 29.2 Å². The van der Waals surface area contributed by atoms with E-state index in [1.54, 1.807) is 22.8 Å². The molecule has 1 atom stereocenters. The van der Waals surface area contributed by atoms with E-state index >= 15 is 0 Å². The molecule has 186 valence electrons. The molecule has 0 unspecified atom stereocenters. The molecule has 1 N–H and O–H groups in total. The lowest BCUT2D eigenvalue weighted by molar-refractivity contribution is -0.121. The van der Waals surface area contributed by atoms with Crippen molar-refractivity contribution in [1.82, 2.24) is 24.3 Å². The van der Waals surface area contributed by atoms with Gasteiger partial charge in [0, 0.05) is 39.1 Å². The molecule has 34 heavy (non-hydrogen) atoms. The highest BCUT2D eigenvalue weighted by molar-refractivity contribution is 7.89. The van der Waals surface area contributed by atoms with E-state index in [-0.39, 0.29) is 12.3 Å². The van der Waals surface area contributed by atoms with Crippen LogP contribution < -0.4 is 5.32 Å². The lowest BCUT2D eigenvalue weighted by atomic mass is 10.1. The summed E-state index contributed by atoms with van der Waals surface area (Å²) in [4.78, 5) is 15.2. The Morgan fingerprint density at radius 2 is 1.79 bits per heavy atom. The van der Waals surface area contributed by atoms with Crippen molar-refractivity contribution in [1.29, 1.82) is 0 Å². The lowest BCUT2D eigenvalue weighted by Gasteiger charge is -2.17. The third kappa shape index (κ3) is 5.70. The Morgan fingerprint density at radius 1 is 1.09 bits per heavy atom. The molecule has 2 aromatic rings. The predicted octanol–water partition coefficient (Wildman–Crippen LogP) is 2.62. The molecule has 1 aromatic heterocycles. The normalized spacial score (nSPS) is 19.7. The molecule has 2 aliphatic heterocycles. The third-order valence-corrected chi connectivity index (χ3v) is 9.17. The quantitative estimate of drug-likeness (QED) is 0.588. The number of carbonyl (C=O) groups excluding carboxylic acids is 1. The number of amides is 1. The van der Waals surface area contributed by atoms with Crippen LogP contribution in [0.1, 0.15) is 48.2 Å². The number of nitrogens with one attached hydrogen (secondary N) is 1. The van der Waals surface area contributed by atoms with Crippen molar-refractivity contribution in [3.8, 4) is 0 Å². The van der Waals surface area contributed by atoms with Crippen molar-refractivity contribution in [2.45, 2.75) is 64.4 Å². The first-order chi connectivity index (χ1) is 16.2. The molecule has 0 radical (unpaired) electrons. The van der Waals surface area contributed by atoms with Gasteiger partial charge in [0.2, 0.25) is 15.9 Å². The fourth-order valence-corrected chi connectivity index (χ4v) is 6.95. The van der Waals surface area contributed by atoms with Gasteiger partial charge in [0.15, 0.2) is 0 Å². The van der Waals surface area contributed by atoms with Crippen LogP contribution in [0.5, 0.6) is 0 Å². The second-order valence-corrected chi connectivity index (χ2v) is 11.6. The molecule has 0 aliphatic carbocycles. The zero-order valence-electron chi connectivity index (χ0n) is 20.6. The highest BCUT2D eigenvalue weighted by Gasteiger charge is 2.32. The van der Waals surface area contributed by atoms with Crippen molar-refractivity contribution in [3.05, 3.63) is 46.8 Å². The molecule has 8 nitrogen and oxygen atoms in total. The first kappa shape index (κ1) is 24.9. The molecule has 2 aliphatic rings. The number of aryl methyl sites for hydroxylation is 3. The lowest BCUT2D eigenvalue weighted by Crippen LogP contribution is -2.31. The highest BCUT2D eigenvalue weighted by Crippen LogP contribution is 2.26. The molecule has 4 rings (SSSR count). The number of hydrogen-bond acceptors (Lipinski definition) is 5. The van der Waals surface area contributed by atoms with E-state index in [9.17, 15) is 13.2 Å². The zero-order valence-corrected chi connectivity index (χ0v) is 21.4. The van der Waals surface area contributed by atoms with Gasteiger partial charge >= 0.3 is 0 Å². The Morgan fingerprint density at radius 3 is 2.50 bits per heavy atom. The Labute approximate surface area is 203 Å². The van der Waals surface area contributed by atoms with Gasteiger partial charge in [-0.15, -0.1) is 0 Å². The number of benzene rings is 1. The van der Waals surface area contributed by atoms with E-state index in [2.05, 4.69) is 46.5 Å². The molecule has 0 spiro atoms. The minimum absolute atomic E-state index is 0.0199.